The first-order valence-corrected chi connectivity index (χ1v) is 11.7. The SMILES string of the molecule is CCc1cccc(C)c1NC(=O)c1ccc(CN(c2ccccc2)S(C)(=O)=O)cc1. The second kappa shape index (κ2) is 9.13. The van der Waals surface area contributed by atoms with Crippen molar-refractivity contribution in [2.45, 2.75) is 26.8 Å². The standard InChI is InChI=1S/C24H26N2O3S/c1-4-20-10-8-9-18(2)23(20)25-24(27)21-15-13-19(14-16-21)17-26(30(3,28)29)22-11-6-5-7-12-22/h5-16H,4,17H2,1-3H3,(H,25,27). The summed E-state index contributed by atoms with van der Waals surface area (Å²) in [6.45, 7) is 4.23. The lowest BCUT2D eigenvalue weighted by atomic mass is 10.0. The van der Waals surface area contributed by atoms with Crippen molar-refractivity contribution in [1.82, 2.24) is 0 Å². The number of carbonyl (C=O) groups excluding carboxylic acids is 1. The number of sulfonamides is 1. The van der Waals surface area contributed by atoms with Crippen molar-refractivity contribution < 1.29 is 13.2 Å². The Balaban J connectivity index is 1.78. The maximum Gasteiger partial charge on any atom is 0.255 e. The van der Waals surface area contributed by atoms with E-state index in [4.69, 9.17) is 0 Å². The monoisotopic (exact) mass is 422 g/mol. The normalized spacial score (nSPS) is 11.2. The summed E-state index contributed by atoms with van der Waals surface area (Å²) in [6, 6.07) is 22.0. The summed E-state index contributed by atoms with van der Waals surface area (Å²) in [5.41, 5.74) is 4.88. The fourth-order valence-corrected chi connectivity index (χ4v) is 4.20. The summed E-state index contributed by atoms with van der Waals surface area (Å²) < 4.78 is 25.9. The highest BCUT2D eigenvalue weighted by Gasteiger charge is 2.18. The molecule has 0 heterocycles. The van der Waals surface area contributed by atoms with Crippen molar-refractivity contribution in [1.29, 1.82) is 0 Å². The van der Waals surface area contributed by atoms with Gasteiger partial charge < -0.3 is 5.32 Å². The molecule has 0 unspecified atom stereocenters. The molecule has 156 valence electrons. The van der Waals surface area contributed by atoms with Crippen LogP contribution in [0.15, 0.2) is 72.8 Å². The molecule has 3 aromatic carbocycles. The van der Waals surface area contributed by atoms with Crippen LogP contribution in [0.5, 0.6) is 0 Å². The summed E-state index contributed by atoms with van der Waals surface area (Å²) in [7, 11) is -3.44. The molecule has 0 spiro atoms. The average molecular weight is 423 g/mol. The molecule has 30 heavy (non-hydrogen) atoms. The highest BCUT2D eigenvalue weighted by atomic mass is 32.2. The third-order valence-electron chi connectivity index (χ3n) is 4.97. The zero-order valence-electron chi connectivity index (χ0n) is 17.4. The lowest BCUT2D eigenvalue weighted by molar-refractivity contribution is 0.102. The molecule has 0 aromatic heterocycles. The van der Waals surface area contributed by atoms with E-state index in [9.17, 15) is 13.2 Å². The Bertz CT molecular complexity index is 1120. The number of benzene rings is 3. The smallest absolute Gasteiger partial charge is 0.255 e. The van der Waals surface area contributed by atoms with E-state index in [0.717, 1.165) is 28.8 Å². The van der Waals surface area contributed by atoms with Gasteiger partial charge in [-0.25, -0.2) is 8.42 Å². The van der Waals surface area contributed by atoms with Crippen LogP contribution in [0.3, 0.4) is 0 Å². The fourth-order valence-electron chi connectivity index (χ4n) is 3.31. The van der Waals surface area contributed by atoms with Gasteiger partial charge in [0, 0.05) is 11.3 Å². The maximum atomic E-state index is 12.7. The summed E-state index contributed by atoms with van der Waals surface area (Å²) in [4.78, 5) is 12.7. The number of anilines is 2. The first-order chi connectivity index (χ1) is 14.3. The fraction of sp³-hybridized carbons (Fsp3) is 0.208. The van der Waals surface area contributed by atoms with Crippen LogP contribution in [0.25, 0.3) is 0 Å². The predicted molar refractivity (Wildman–Crippen MR) is 122 cm³/mol. The predicted octanol–water partition coefficient (Wildman–Crippen LogP) is 4.78. The number of nitrogens with one attached hydrogen (secondary N) is 1. The van der Waals surface area contributed by atoms with Gasteiger partial charge in [0.1, 0.15) is 0 Å². The third kappa shape index (κ3) is 5.07. The van der Waals surface area contributed by atoms with Crippen molar-refractivity contribution in [2.75, 3.05) is 15.9 Å². The molecule has 0 fully saturated rings. The Morgan fingerprint density at radius 2 is 1.60 bits per heavy atom. The van der Waals surface area contributed by atoms with E-state index in [2.05, 4.69) is 12.2 Å². The van der Waals surface area contributed by atoms with Gasteiger partial charge in [-0.2, -0.15) is 0 Å². The van der Waals surface area contributed by atoms with Crippen LogP contribution in [0, 0.1) is 6.92 Å². The van der Waals surface area contributed by atoms with Crippen LogP contribution in [0.4, 0.5) is 11.4 Å². The highest BCUT2D eigenvalue weighted by molar-refractivity contribution is 7.92. The molecule has 1 amide bonds. The lowest BCUT2D eigenvalue weighted by Crippen LogP contribution is -2.29. The van der Waals surface area contributed by atoms with E-state index in [1.54, 1.807) is 48.5 Å². The van der Waals surface area contributed by atoms with Crippen molar-refractivity contribution >= 4 is 27.3 Å². The van der Waals surface area contributed by atoms with Crippen molar-refractivity contribution in [3.63, 3.8) is 0 Å². The molecule has 0 radical (unpaired) electrons. The minimum Gasteiger partial charge on any atom is -0.321 e. The number of carbonyl (C=O) groups is 1. The van der Waals surface area contributed by atoms with Crippen LogP contribution in [0.2, 0.25) is 0 Å². The minimum atomic E-state index is -3.44. The molecule has 0 saturated heterocycles. The van der Waals surface area contributed by atoms with Crippen molar-refractivity contribution in [3.8, 4) is 0 Å². The van der Waals surface area contributed by atoms with E-state index in [1.165, 1.54) is 10.6 Å². The molecule has 3 rings (SSSR count). The second-order valence-corrected chi connectivity index (χ2v) is 9.13. The van der Waals surface area contributed by atoms with E-state index in [0.29, 0.717) is 11.3 Å². The number of rotatable bonds is 7. The first kappa shape index (κ1) is 21.6. The Kier molecular flexibility index (Phi) is 6.57. The lowest BCUT2D eigenvalue weighted by Gasteiger charge is -2.22. The molecular formula is C24H26N2O3S. The van der Waals surface area contributed by atoms with Crippen LogP contribution < -0.4 is 9.62 Å². The van der Waals surface area contributed by atoms with Gasteiger partial charge in [0.15, 0.2) is 0 Å². The maximum absolute atomic E-state index is 12.7. The molecular weight excluding hydrogens is 396 g/mol. The summed E-state index contributed by atoms with van der Waals surface area (Å²) in [5.74, 6) is -0.187. The molecule has 0 aliphatic rings. The minimum absolute atomic E-state index is 0.187. The molecule has 0 bridgehead atoms. The van der Waals surface area contributed by atoms with E-state index in [1.807, 2.05) is 31.2 Å². The number of nitrogens with zero attached hydrogens (tertiary/aromatic N) is 1. The molecule has 0 saturated carbocycles. The van der Waals surface area contributed by atoms with Crippen molar-refractivity contribution in [2.24, 2.45) is 0 Å². The number of hydrogen-bond donors (Lipinski definition) is 1. The van der Waals surface area contributed by atoms with Crippen LogP contribution >= 0.6 is 0 Å². The van der Waals surface area contributed by atoms with Crippen LogP contribution in [-0.2, 0) is 23.0 Å². The Morgan fingerprint density at radius 1 is 0.933 bits per heavy atom. The number of hydrogen-bond acceptors (Lipinski definition) is 3. The highest BCUT2D eigenvalue weighted by Crippen LogP contribution is 2.23. The first-order valence-electron chi connectivity index (χ1n) is 9.81. The summed E-state index contributed by atoms with van der Waals surface area (Å²) in [6.07, 6.45) is 2.02. The van der Waals surface area contributed by atoms with Gasteiger partial charge in [-0.3, -0.25) is 9.10 Å². The van der Waals surface area contributed by atoms with Crippen molar-refractivity contribution in [3.05, 3.63) is 95.1 Å². The quantitative estimate of drug-likeness (QED) is 0.596. The zero-order valence-corrected chi connectivity index (χ0v) is 18.2. The van der Waals surface area contributed by atoms with E-state index < -0.39 is 10.0 Å². The summed E-state index contributed by atoms with van der Waals surface area (Å²) in [5, 5.41) is 3.01. The molecule has 5 nitrogen and oxygen atoms in total. The Hall–Kier alpha value is -3.12. The Labute approximate surface area is 178 Å². The van der Waals surface area contributed by atoms with Gasteiger partial charge in [-0.05, 0) is 54.3 Å². The number of para-hydroxylation sites is 2. The zero-order chi connectivity index (χ0) is 21.7. The van der Waals surface area contributed by atoms with Gasteiger partial charge in [-0.1, -0.05) is 55.5 Å². The van der Waals surface area contributed by atoms with E-state index in [-0.39, 0.29) is 12.5 Å². The van der Waals surface area contributed by atoms with Gasteiger partial charge in [0.25, 0.3) is 5.91 Å². The average Bonchev–Trinajstić information content (AvgIpc) is 2.73. The molecule has 0 aliphatic heterocycles. The third-order valence-corrected chi connectivity index (χ3v) is 6.11. The van der Waals surface area contributed by atoms with Crippen LogP contribution in [0.1, 0.15) is 34.0 Å². The van der Waals surface area contributed by atoms with Gasteiger partial charge >= 0.3 is 0 Å². The number of aryl methyl sites for hydroxylation is 2. The Morgan fingerprint density at radius 3 is 2.20 bits per heavy atom. The molecule has 6 heteroatoms. The van der Waals surface area contributed by atoms with Gasteiger partial charge in [0.05, 0.1) is 18.5 Å². The summed E-state index contributed by atoms with van der Waals surface area (Å²) >= 11 is 0. The topological polar surface area (TPSA) is 66.5 Å². The largest absolute Gasteiger partial charge is 0.321 e. The second-order valence-electron chi connectivity index (χ2n) is 7.22. The van der Waals surface area contributed by atoms with Gasteiger partial charge in [0.2, 0.25) is 10.0 Å². The van der Waals surface area contributed by atoms with Crippen LogP contribution in [-0.4, -0.2) is 20.6 Å². The molecule has 1 N–H and O–H groups in total. The van der Waals surface area contributed by atoms with E-state index >= 15 is 0 Å². The number of amides is 1. The molecule has 3 aromatic rings. The van der Waals surface area contributed by atoms with Gasteiger partial charge in [-0.15, -0.1) is 0 Å². The molecule has 0 atom stereocenters. The molecule has 0 aliphatic carbocycles.